The fraction of sp³-hybridized carbons (Fsp3) is 0.571. The summed E-state index contributed by atoms with van der Waals surface area (Å²) in [6, 6.07) is 9.98. The Kier molecular flexibility index (Phi) is 5.07. The van der Waals surface area contributed by atoms with E-state index < -0.39 is 8.07 Å². The number of rotatable bonds is 5. The lowest BCUT2D eigenvalue weighted by Gasteiger charge is -2.23. The van der Waals surface area contributed by atoms with E-state index in [1.165, 1.54) is 17.2 Å². The van der Waals surface area contributed by atoms with Crippen molar-refractivity contribution in [3.8, 4) is 0 Å². The molecule has 1 aromatic rings. The van der Waals surface area contributed by atoms with Gasteiger partial charge in [-0.2, -0.15) is 0 Å². The molecule has 0 aliphatic carbocycles. The van der Waals surface area contributed by atoms with E-state index in [9.17, 15) is 0 Å². The van der Waals surface area contributed by atoms with Crippen LogP contribution in [0.1, 0.15) is 11.1 Å². The summed E-state index contributed by atoms with van der Waals surface area (Å²) in [5.74, 6) is 1.44. The van der Waals surface area contributed by atoms with Gasteiger partial charge in [-0.15, -0.1) is 11.6 Å². The van der Waals surface area contributed by atoms with E-state index in [1.807, 2.05) is 0 Å². The molecule has 0 heterocycles. The summed E-state index contributed by atoms with van der Waals surface area (Å²) < 4.78 is 0. The zero-order valence-corrected chi connectivity index (χ0v) is 12.6. The molecule has 0 radical (unpaired) electrons. The van der Waals surface area contributed by atoms with Gasteiger partial charge >= 0.3 is 0 Å². The van der Waals surface area contributed by atoms with Crippen molar-refractivity contribution >= 4 is 19.7 Å². The van der Waals surface area contributed by atoms with Gasteiger partial charge in [-0.3, -0.25) is 0 Å². The predicted molar refractivity (Wildman–Crippen MR) is 77.2 cm³/mol. The van der Waals surface area contributed by atoms with Crippen LogP contribution >= 0.6 is 11.6 Å². The van der Waals surface area contributed by atoms with Gasteiger partial charge in [0, 0.05) is 14.0 Å². The van der Waals surface area contributed by atoms with E-state index in [2.05, 4.69) is 50.8 Å². The lowest BCUT2D eigenvalue weighted by molar-refractivity contribution is 0.641. The lowest BCUT2D eigenvalue weighted by Crippen LogP contribution is -2.25. The first kappa shape index (κ1) is 13.8. The van der Waals surface area contributed by atoms with Crippen LogP contribution in [0.5, 0.6) is 0 Å². The van der Waals surface area contributed by atoms with E-state index >= 15 is 0 Å². The molecule has 0 fully saturated rings. The van der Waals surface area contributed by atoms with Gasteiger partial charge in [0.25, 0.3) is 0 Å². The summed E-state index contributed by atoms with van der Waals surface area (Å²) in [5, 5.41) is 0. The Bertz CT molecular complexity index is 328. The highest BCUT2D eigenvalue weighted by Gasteiger charge is 2.20. The van der Waals surface area contributed by atoms with Crippen LogP contribution in [0.4, 0.5) is 0 Å². The van der Waals surface area contributed by atoms with Crippen molar-refractivity contribution in [2.45, 2.75) is 39.0 Å². The highest BCUT2D eigenvalue weighted by molar-refractivity contribution is 6.76. The minimum Gasteiger partial charge on any atom is -0.126 e. The fourth-order valence-corrected chi connectivity index (χ4v) is 4.62. The van der Waals surface area contributed by atoms with Gasteiger partial charge < -0.3 is 0 Å². The first-order valence-corrected chi connectivity index (χ1v) is 10.3. The molecule has 90 valence electrons. The van der Waals surface area contributed by atoms with Crippen molar-refractivity contribution in [2.75, 3.05) is 5.88 Å². The predicted octanol–water partition coefficient (Wildman–Crippen LogP) is 4.73. The third-order valence-corrected chi connectivity index (χ3v) is 5.13. The average molecular weight is 255 g/mol. The number of alkyl halides is 1. The van der Waals surface area contributed by atoms with Crippen LogP contribution in [-0.2, 0) is 6.42 Å². The molecule has 0 aliphatic rings. The Morgan fingerprint density at radius 3 is 2.31 bits per heavy atom. The summed E-state index contributed by atoms with van der Waals surface area (Å²) in [6.07, 6.45) is 1.14. The normalized spacial score (nSPS) is 13.8. The zero-order valence-electron chi connectivity index (χ0n) is 10.9. The van der Waals surface area contributed by atoms with Crippen LogP contribution < -0.4 is 0 Å². The number of benzene rings is 1. The van der Waals surface area contributed by atoms with Crippen LogP contribution in [0.15, 0.2) is 24.3 Å². The minimum atomic E-state index is -0.997. The smallest absolute Gasteiger partial charge is 0.0445 e. The number of hydrogen-bond acceptors (Lipinski definition) is 0. The summed E-state index contributed by atoms with van der Waals surface area (Å²) in [5.41, 5.74) is 2.86. The molecule has 2 heteroatoms. The molecule has 1 rings (SSSR count). The molecule has 0 saturated heterocycles. The summed E-state index contributed by atoms with van der Waals surface area (Å²) in [4.78, 5) is 0. The van der Waals surface area contributed by atoms with Gasteiger partial charge in [-0.05, 0) is 30.4 Å². The number of aryl methyl sites for hydroxylation is 1. The van der Waals surface area contributed by atoms with Gasteiger partial charge in [0.15, 0.2) is 0 Å². The fourth-order valence-electron chi connectivity index (χ4n) is 2.20. The molecule has 0 saturated carbocycles. The molecule has 1 atom stereocenters. The largest absolute Gasteiger partial charge is 0.126 e. The molecule has 1 unspecified atom stereocenters. The number of hydrogen-bond donors (Lipinski definition) is 0. The molecular weight excluding hydrogens is 232 g/mol. The maximum Gasteiger partial charge on any atom is 0.0445 e. The van der Waals surface area contributed by atoms with Crippen LogP contribution in [0.2, 0.25) is 25.7 Å². The second kappa shape index (κ2) is 5.88. The summed E-state index contributed by atoms with van der Waals surface area (Å²) in [6.45, 7) is 9.45. The van der Waals surface area contributed by atoms with Crippen LogP contribution in [0.25, 0.3) is 0 Å². The highest BCUT2D eigenvalue weighted by Crippen LogP contribution is 2.23. The van der Waals surface area contributed by atoms with Crippen molar-refractivity contribution in [1.29, 1.82) is 0 Å². The average Bonchev–Trinajstić information content (AvgIpc) is 2.18. The van der Waals surface area contributed by atoms with Gasteiger partial charge in [-0.25, -0.2) is 0 Å². The Balaban J connectivity index is 2.67. The maximum absolute atomic E-state index is 6.10. The van der Waals surface area contributed by atoms with E-state index in [0.717, 1.165) is 12.3 Å². The third-order valence-electron chi connectivity index (χ3n) is 2.89. The van der Waals surface area contributed by atoms with Gasteiger partial charge in [0.1, 0.15) is 0 Å². The molecule has 0 N–H and O–H groups in total. The molecule has 0 nitrogen and oxygen atoms in total. The first-order chi connectivity index (χ1) is 7.42. The Labute approximate surface area is 106 Å². The van der Waals surface area contributed by atoms with Crippen molar-refractivity contribution in [3.63, 3.8) is 0 Å². The van der Waals surface area contributed by atoms with Gasteiger partial charge in [0.2, 0.25) is 0 Å². The molecule has 0 aliphatic heterocycles. The first-order valence-electron chi connectivity index (χ1n) is 6.03. The Morgan fingerprint density at radius 2 is 1.81 bits per heavy atom. The van der Waals surface area contributed by atoms with E-state index in [-0.39, 0.29) is 0 Å². The molecule has 1 aromatic carbocycles. The monoisotopic (exact) mass is 254 g/mol. The van der Waals surface area contributed by atoms with Gasteiger partial charge in [-0.1, -0.05) is 50.0 Å². The third kappa shape index (κ3) is 4.71. The second-order valence-electron chi connectivity index (χ2n) is 5.92. The standard InChI is InChI=1S/C14H23ClSi/c1-12-7-5-6-8-14(12)9-13(10-15)11-16(2,3)4/h5-8,13H,9-11H2,1-4H3. The van der Waals surface area contributed by atoms with Crippen molar-refractivity contribution in [2.24, 2.45) is 5.92 Å². The second-order valence-corrected chi connectivity index (χ2v) is 11.8. The SMILES string of the molecule is Cc1ccccc1CC(CCl)C[Si](C)(C)C. The molecule has 0 amide bonds. The Morgan fingerprint density at radius 1 is 1.19 bits per heavy atom. The molecule has 0 spiro atoms. The van der Waals surface area contributed by atoms with Crippen LogP contribution in [0, 0.1) is 12.8 Å². The molecule has 16 heavy (non-hydrogen) atoms. The minimum absolute atomic E-state index is 0.648. The number of halogens is 1. The van der Waals surface area contributed by atoms with Crippen LogP contribution in [0.3, 0.4) is 0 Å². The van der Waals surface area contributed by atoms with Crippen LogP contribution in [-0.4, -0.2) is 14.0 Å². The zero-order chi connectivity index (χ0) is 12.2. The topological polar surface area (TPSA) is 0 Å². The van der Waals surface area contributed by atoms with E-state index in [0.29, 0.717) is 5.92 Å². The Hall–Kier alpha value is -0.273. The quantitative estimate of drug-likeness (QED) is 0.526. The summed E-state index contributed by atoms with van der Waals surface area (Å²) >= 11 is 6.10. The van der Waals surface area contributed by atoms with Gasteiger partial charge in [0.05, 0.1) is 0 Å². The van der Waals surface area contributed by atoms with E-state index in [4.69, 9.17) is 11.6 Å². The highest BCUT2D eigenvalue weighted by atomic mass is 35.5. The maximum atomic E-state index is 6.10. The van der Waals surface area contributed by atoms with E-state index in [1.54, 1.807) is 0 Å². The lowest BCUT2D eigenvalue weighted by atomic mass is 9.99. The van der Waals surface area contributed by atoms with Crippen molar-refractivity contribution in [1.82, 2.24) is 0 Å². The molecular formula is C14H23ClSi. The van der Waals surface area contributed by atoms with Crippen molar-refractivity contribution in [3.05, 3.63) is 35.4 Å². The van der Waals surface area contributed by atoms with Crippen molar-refractivity contribution < 1.29 is 0 Å². The molecule has 0 aromatic heterocycles. The molecule has 0 bridgehead atoms. The summed E-state index contributed by atoms with van der Waals surface area (Å²) in [7, 11) is -0.997.